The minimum Gasteiger partial charge on any atom is -0.311 e. The Labute approximate surface area is 101 Å². The van der Waals surface area contributed by atoms with Gasteiger partial charge in [0, 0.05) is 12.2 Å². The summed E-state index contributed by atoms with van der Waals surface area (Å²) in [6.45, 7) is 0.391. The van der Waals surface area contributed by atoms with Gasteiger partial charge in [-0.25, -0.2) is 0 Å². The lowest BCUT2D eigenvalue weighted by Gasteiger charge is -2.16. The molecule has 1 aromatic carbocycles. The molecule has 0 saturated carbocycles. The third-order valence-corrected chi connectivity index (χ3v) is 2.95. The fourth-order valence-corrected chi connectivity index (χ4v) is 2.05. The van der Waals surface area contributed by atoms with Crippen molar-refractivity contribution in [1.82, 2.24) is 0 Å². The zero-order chi connectivity index (χ0) is 12.6. The van der Waals surface area contributed by atoms with Crippen molar-refractivity contribution < 1.29 is 18.0 Å². The van der Waals surface area contributed by atoms with Gasteiger partial charge in [-0.1, -0.05) is 0 Å². The number of amides is 1. The monoisotopic (exact) mass is 263 g/mol. The van der Waals surface area contributed by atoms with E-state index in [0.717, 1.165) is 12.1 Å². The fraction of sp³-hybridized carbons (Fsp3) is 0.364. The van der Waals surface area contributed by atoms with Crippen LogP contribution in [0.2, 0.25) is 0 Å². The molecule has 2 rings (SSSR count). The van der Waals surface area contributed by atoms with Crippen molar-refractivity contribution in [2.24, 2.45) is 0 Å². The zero-order valence-corrected chi connectivity index (χ0v) is 9.48. The number of rotatable bonds is 1. The highest BCUT2D eigenvalue weighted by Crippen LogP contribution is 2.35. The van der Waals surface area contributed by atoms with E-state index in [-0.39, 0.29) is 11.8 Å². The fourth-order valence-electron chi connectivity index (χ4n) is 1.91. The largest absolute Gasteiger partial charge is 0.416 e. The minimum atomic E-state index is -4.35. The summed E-state index contributed by atoms with van der Waals surface area (Å²) in [5.74, 6) is -0.453. The summed E-state index contributed by atoms with van der Waals surface area (Å²) in [5.41, 5.74) is 0.387. The van der Waals surface area contributed by atoms with Gasteiger partial charge in [0.2, 0.25) is 5.91 Å². The molecule has 0 aromatic heterocycles. The molecule has 1 aliphatic rings. The standard InChI is InChI=1S/C11H9ClF3NO/c12-6-10(17)16-4-3-7-5-8(11(13,14)15)1-2-9(7)16/h1-2,5H,3-4,6H2. The van der Waals surface area contributed by atoms with Gasteiger partial charge in [-0.2, -0.15) is 13.2 Å². The van der Waals surface area contributed by atoms with Crippen molar-refractivity contribution in [3.05, 3.63) is 29.3 Å². The Kier molecular flexibility index (Phi) is 3.03. The summed E-state index contributed by atoms with van der Waals surface area (Å²) >= 11 is 5.43. The Balaban J connectivity index is 2.35. The van der Waals surface area contributed by atoms with Gasteiger partial charge in [0.15, 0.2) is 0 Å². The van der Waals surface area contributed by atoms with Crippen molar-refractivity contribution in [3.63, 3.8) is 0 Å². The van der Waals surface area contributed by atoms with E-state index in [1.807, 2.05) is 0 Å². The summed E-state index contributed by atoms with van der Waals surface area (Å²) in [7, 11) is 0. The van der Waals surface area contributed by atoms with Crippen molar-refractivity contribution in [1.29, 1.82) is 0 Å². The molecular formula is C11H9ClF3NO. The number of anilines is 1. The van der Waals surface area contributed by atoms with Crippen molar-refractivity contribution in [2.75, 3.05) is 17.3 Å². The maximum Gasteiger partial charge on any atom is 0.416 e. The van der Waals surface area contributed by atoms with Crippen molar-refractivity contribution >= 4 is 23.2 Å². The third kappa shape index (κ3) is 2.24. The average Bonchev–Trinajstić information content (AvgIpc) is 2.69. The highest BCUT2D eigenvalue weighted by Gasteiger charge is 2.33. The first kappa shape index (κ1) is 12.2. The van der Waals surface area contributed by atoms with E-state index in [1.165, 1.54) is 11.0 Å². The van der Waals surface area contributed by atoms with E-state index < -0.39 is 11.7 Å². The first-order valence-corrected chi connectivity index (χ1v) is 5.53. The molecule has 1 aliphatic heterocycles. The molecule has 6 heteroatoms. The van der Waals surface area contributed by atoms with Gasteiger partial charge >= 0.3 is 6.18 Å². The summed E-state index contributed by atoms with van der Waals surface area (Å²) in [5, 5.41) is 0. The Hall–Kier alpha value is -1.23. The number of hydrogen-bond acceptors (Lipinski definition) is 1. The average molecular weight is 264 g/mol. The van der Waals surface area contributed by atoms with Crippen LogP contribution in [0, 0.1) is 0 Å². The molecule has 0 unspecified atom stereocenters. The topological polar surface area (TPSA) is 20.3 Å². The molecule has 0 spiro atoms. The second-order valence-electron chi connectivity index (χ2n) is 3.77. The summed E-state index contributed by atoms with van der Waals surface area (Å²) in [6, 6.07) is 3.41. The summed E-state index contributed by atoms with van der Waals surface area (Å²) in [4.78, 5) is 12.8. The van der Waals surface area contributed by atoms with Crippen molar-refractivity contribution in [2.45, 2.75) is 12.6 Å². The van der Waals surface area contributed by atoms with Crippen molar-refractivity contribution in [3.8, 4) is 0 Å². The van der Waals surface area contributed by atoms with Crippen LogP contribution >= 0.6 is 11.6 Å². The highest BCUT2D eigenvalue weighted by molar-refractivity contribution is 6.29. The van der Waals surface area contributed by atoms with E-state index in [2.05, 4.69) is 0 Å². The Bertz CT molecular complexity index is 459. The first-order valence-electron chi connectivity index (χ1n) is 5.00. The predicted molar refractivity (Wildman–Crippen MR) is 58.2 cm³/mol. The molecule has 92 valence electrons. The van der Waals surface area contributed by atoms with Crippen LogP contribution in [0.5, 0.6) is 0 Å². The lowest BCUT2D eigenvalue weighted by Crippen LogP contribution is -2.29. The molecule has 17 heavy (non-hydrogen) atoms. The van der Waals surface area contributed by atoms with Gasteiger partial charge in [0.25, 0.3) is 0 Å². The van der Waals surface area contributed by atoms with Crippen LogP contribution in [0.1, 0.15) is 11.1 Å². The SMILES string of the molecule is O=C(CCl)N1CCc2cc(C(F)(F)F)ccc21. The van der Waals surface area contributed by atoms with E-state index in [4.69, 9.17) is 11.6 Å². The molecular weight excluding hydrogens is 255 g/mol. The van der Waals surface area contributed by atoms with Gasteiger partial charge in [-0.3, -0.25) is 4.79 Å². The highest BCUT2D eigenvalue weighted by atomic mass is 35.5. The van der Waals surface area contributed by atoms with Gasteiger partial charge < -0.3 is 4.90 Å². The van der Waals surface area contributed by atoms with Gasteiger partial charge in [-0.15, -0.1) is 11.6 Å². The number of carbonyl (C=O) groups excluding carboxylic acids is 1. The molecule has 0 aliphatic carbocycles. The van der Waals surface area contributed by atoms with E-state index in [0.29, 0.717) is 24.2 Å². The molecule has 0 atom stereocenters. The lowest BCUT2D eigenvalue weighted by atomic mass is 10.1. The maximum absolute atomic E-state index is 12.5. The molecule has 1 amide bonds. The molecule has 1 heterocycles. The minimum absolute atomic E-state index is 0.166. The van der Waals surface area contributed by atoms with E-state index >= 15 is 0 Å². The van der Waals surface area contributed by atoms with Crippen LogP contribution in [0.15, 0.2) is 18.2 Å². The molecule has 0 N–H and O–H groups in total. The number of carbonyl (C=O) groups is 1. The molecule has 0 bridgehead atoms. The molecule has 0 radical (unpaired) electrons. The second-order valence-corrected chi connectivity index (χ2v) is 4.04. The third-order valence-electron chi connectivity index (χ3n) is 2.72. The quantitative estimate of drug-likeness (QED) is 0.714. The smallest absolute Gasteiger partial charge is 0.311 e. The molecule has 0 fully saturated rings. The van der Waals surface area contributed by atoms with E-state index in [1.54, 1.807) is 0 Å². The number of halogens is 4. The number of hydrogen-bond donors (Lipinski definition) is 0. The maximum atomic E-state index is 12.5. The van der Waals surface area contributed by atoms with Crippen LogP contribution in [0.4, 0.5) is 18.9 Å². The Morgan fingerprint density at radius 2 is 2.12 bits per heavy atom. The second kappa shape index (κ2) is 4.22. The molecule has 2 nitrogen and oxygen atoms in total. The molecule has 1 aromatic rings. The normalized spacial score (nSPS) is 14.9. The molecule has 0 saturated heterocycles. The number of fused-ring (bicyclic) bond motifs is 1. The number of benzene rings is 1. The van der Waals surface area contributed by atoms with Crippen LogP contribution in [0.3, 0.4) is 0 Å². The summed E-state index contributed by atoms with van der Waals surface area (Å²) < 4.78 is 37.4. The predicted octanol–water partition coefficient (Wildman–Crippen LogP) is 2.83. The Morgan fingerprint density at radius 1 is 1.41 bits per heavy atom. The summed E-state index contributed by atoms with van der Waals surface area (Å²) in [6.07, 6.45) is -3.92. The number of nitrogens with zero attached hydrogens (tertiary/aromatic N) is 1. The van der Waals surface area contributed by atoms with E-state index in [9.17, 15) is 18.0 Å². The van der Waals surface area contributed by atoms with Crippen LogP contribution < -0.4 is 4.90 Å². The van der Waals surface area contributed by atoms with Gasteiger partial charge in [0.1, 0.15) is 5.88 Å². The van der Waals surface area contributed by atoms with Gasteiger partial charge in [0.05, 0.1) is 5.56 Å². The Morgan fingerprint density at radius 3 is 2.71 bits per heavy atom. The van der Waals surface area contributed by atoms with Crippen LogP contribution in [-0.2, 0) is 17.4 Å². The first-order chi connectivity index (χ1) is 7.93. The number of alkyl halides is 4. The van der Waals surface area contributed by atoms with Gasteiger partial charge in [-0.05, 0) is 30.2 Å². The lowest BCUT2D eigenvalue weighted by molar-refractivity contribution is -0.137. The zero-order valence-electron chi connectivity index (χ0n) is 8.72. The van der Waals surface area contributed by atoms with Crippen LogP contribution in [0.25, 0.3) is 0 Å². The van der Waals surface area contributed by atoms with Crippen LogP contribution in [-0.4, -0.2) is 18.3 Å².